The minimum atomic E-state index is -0.516. The highest BCUT2D eigenvalue weighted by Crippen LogP contribution is 2.36. The fourth-order valence-electron chi connectivity index (χ4n) is 2.56. The van der Waals surface area contributed by atoms with E-state index in [1.165, 1.54) is 18.9 Å². The van der Waals surface area contributed by atoms with Crippen LogP contribution in [0, 0.1) is 0 Å². The lowest BCUT2D eigenvalue weighted by molar-refractivity contribution is -0.140. The molecule has 132 valence electrons. The van der Waals surface area contributed by atoms with Gasteiger partial charge in [-0.1, -0.05) is 78.5 Å². The Labute approximate surface area is 156 Å². The highest BCUT2D eigenvalue weighted by molar-refractivity contribution is 8.00. The fourth-order valence-corrected chi connectivity index (χ4v) is 3.64. The van der Waals surface area contributed by atoms with Crippen molar-refractivity contribution in [1.29, 1.82) is 0 Å². The van der Waals surface area contributed by atoms with Crippen molar-refractivity contribution in [2.75, 3.05) is 7.11 Å². The Bertz CT molecular complexity index is 879. The Morgan fingerprint density at radius 2 is 1.81 bits per heavy atom. The van der Waals surface area contributed by atoms with Gasteiger partial charge in [-0.15, -0.1) is 16.8 Å². The van der Waals surface area contributed by atoms with E-state index in [1.54, 1.807) is 6.08 Å². The van der Waals surface area contributed by atoms with Gasteiger partial charge >= 0.3 is 5.97 Å². The average Bonchev–Trinajstić information content (AvgIpc) is 3.09. The molecule has 0 aliphatic rings. The molecule has 26 heavy (non-hydrogen) atoms. The monoisotopic (exact) mass is 365 g/mol. The predicted molar refractivity (Wildman–Crippen MR) is 103 cm³/mol. The molecule has 0 amide bonds. The molecular formula is C20H19N3O2S. The van der Waals surface area contributed by atoms with Crippen molar-refractivity contribution >= 4 is 17.7 Å². The molecule has 0 saturated heterocycles. The Morgan fingerprint density at radius 1 is 1.15 bits per heavy atom. The number of methoxy groups -OCH3 is 1. The van der Waals surface area contributed by atoms with Gasteiger partial charge in [0.25, 0.3) is 0 Å². The first-order valence-corrected chi connectivity index (χ1v) is 9.01. The minimum absolute atomic E-state index is 0.324. The third-order valence-corrected chi connectivity index (χ3v) is 5.01. The molecule has 0 radical (unpaired) electrons. The molecule has 2 aromatic carbocycles. The van der Waals surface area contributed by atoms with E-state index in [2.05, 4.69) is 16.8 Å². The van der Waals surface area contributed by atoms with Gasteiger partial charge in [-0.3, -0.25) is 9.36 Å². The number of aromatic nitrogens is 3. The number of hydrogen-bond donors (Lipinski definition) is 0. The third kappa shape index (κ3) is 3.86. The quantitative estimate of drug-likeness (QED) is 0.358. The Kier molecular flexibility index (Phi) is 5.86. The largest absolute Gasteiger partial charge is 0.468 e. The second-order valence-electron chi connectivity index (χ2n) is 5.50. The van der Waals surface area contributed by atoms with Crippen LogP contribution >= 0.6 is 11.8 Å². The molecule has 6 heteroatoms. The van der Waals surface area contributed by atoms with Crippen LogP contribution in [0.4, 0.5) is 0 Å². The topological polar surface area (TPSA) is 57.0 Å². The van der Waals surface area contributed by atoms with E-state index in [4.69, 9.17) is 4.74 Å². The van der Waals surface area contributed by atoms with Crippen LogP contribution in [0.1, 0.15) is 10.8 Å². The van der Waals surface area contributed by atoms with Crippen molar-refractivity contribution in [3.05, 3.63) is 78.9 Å². The van der Waals surface area contributed by atoms with Crippen LogP contribution in [-0.2, 0) is 16.1 Å². The molecule has 1 heterocycles. The van der Waals surface area contributed by atoms with E-state index >= 15 is 0 Å². The number of hydrogen-bond acceptors (Lipinski definition) is 5. The normalized spacial score (nSPS) is 11.7. The summed E-state index contributed by atoms with van der Waals surface area (Å²) in [7, 11) is 1.39. The zero-order valence-electron chi connectivity index (χ0n) is 14.4. The van der Waals surface area contributed by atoms with Crippen molar-refractivity contribution in [2.45, 2.75) is 17.0 Å². The second-order valence-corrected chi connectivity index (χ2v) is 6.58. The van der Waals surface area contributed by atoms with Crippen LogP contribution in [0.15, 0.2) is 78.5 Å². The van der Waals surface area contributed by atoms with Gasteiger partial charge in [0.15, 0.2) is 11.0 Å². The van der Waals surface area contributed by atoms with Crippen LogP contribution in [0.2, 0.25) is 0 Å². The molecule has 0 bridgehead atoms. The van der Waals surface area contributed by atoms with Crippen LogP contribution < -0.4 is 0 Å². The summed E-state index contributed by atoms with van der Waals surface area (Å²) in [6, 6.07) is 19.3. The highest BCUT2D eigenvalue weighted by Gasteiger charge is 2.26. The van der Waals surface area contributed by atoms with Crippen LogP contribution in [-0.4, -0.2) is 27.8 Å². The SMILES string of the molecule is C=CCn1c(SC(C(=O)OC)c2ccccc2)nnc1-c1ccccc1. The van der Waals surface area contributed by atoms with Gasteiger partial charge < -0.3 is 4.74 Å². The maximum absolute atomic E-state index is 12.3. The Balaban J connectivity index is 1.98. The van der Waals surface area contributed by atoms with Crippen molar-refractivity contribution in [3.63, 3.8) is 0 Å². The lowest BCUT2D eigenvalue weighted by atomic mass is 10.1. The van der Waals surface area contributed by atoms with Crippen LogP contribution in [0.3, 0.4) is 0 Å². The lowest BCUT2D eigenvalue weighted by Gasteiger charge is -2.15. The molecule has 3 rings (SSSR count). The average molecular weight is 365 g/mol. The van der Waals surface area contributed by atoms with Crippen LogP contribution in [0.5, 0.6) is 0 Å². The molecule has 0 saturated carbocycles. The van der Waals surface area contributed by atoms with Gasteiger partial charge in [-0.2, -0.15) is 0 Å². The highest BCUT2D eigenvalue weighted by atomic mass is 32.2. The van der Waals surface area contributed by atoms with E-state index in [0.717, 1.165) is 17.0 Å². The number of allylic oxidation sites excluding steroid dienone is 1. The molecule has 0 aliphatic heterocycles. The summed E-state index contributed by atoms with van der Waals surface area (Å²) < 4.78 is 6.94. The smallest absolute Gasteiger partial charge is 0.323 e. The Hall–Kier alpha value is -2.86. The summed E-state index contributed by atoms with van der Waals surface area (Å²) in [4.78, 5) is 12.3. The van der Waals surface area contributed by atoms with Gasteiger partial charge in [0.2, 0.25) is 0 Å². The third-order valence-electron chi connectivity index (χ3n) is 3.80. The van der Waals surface area contributed by atoms with Gasteiger partial charge in [-0.25, -0.2) is 0 Å². The predicted octanol–water partition coefficient (Wildman–Crippen LogP) is 4.14. The van der Waals surface area contributed by atoms with Crippen molar-refractivity contribution < 1.29 is 9.53 Å². The number of carbonyl (C=O) groups excluding carboxylic acids is 1. The molecule has 1 atom stereocenters. The Morgan fingerprint density at radius 3 is 2.42 bits per heavy atom. The van der Waals surface area contributed by atoms with Gasteiger partial charge in [0.1, 0.15) is 5.25 Å². The molecule has 1 unspecified atom stereocenters. The van der Waals surface area contributed by atoms with Gasteiger partial charge in [0, 0.05) is 12.1 Å². The number of thioether (sulfide) groups is 1. The van der Waals surface area contributed by atoms with Crippen LogP contribution in [0.25, 0.3) is 11.4 Å². The summed E-state index contributed by atoms with van der Waals surface area (Å²) >= 11 is 1.32. The summed E-state index contributed by atoms with van der Waals surface area (Å²) in [5, 5.41) is 8.77. The van der Waals surface area contributed by atoms with Crippen molar-refractivity contribution in [2.24, 2.45) is 0 Å². The van der Waals surface area contributed by atoms with E-state index in [-0.39, 0.29) is 5.97 Å². The number of esters is 1. The number of ether oxygens (including phenoxy) is 1. The zero-order valence-corrected chi connectivity index (χ0v) is 15.2. The van der Waals surface area contributed by atoms with E-state index in [9.17, 15) is 4.79 Å². The van der Waals surface area contributed by atoms with Crippen molar-refractivity contribution in [1.82, 2.24) is 14.8 Å². The van der Waals surface area contributed by atoms with Gasteiger partial charge in [-0.05, 0) is 5.56 Å². The number of rotatable bonds is 7. The van der Waals surface area contributed by atoms with Gasteiger partial charge in [0.05, 0.1) is 7.11 Å². The molecule has 0 fully saturated rings. The first-order valence-electron chi connectivity index (χ1n) is 8.13. The molecular weight excluding hydrogens is 346 g/mol. The van der Waals surface area contributed by atoms with E-state index in [0.29, 0.717) is 11.7 Å². The molecule has 3 aromatic rings. The first-order chi connectivity index (χ1) is 12.7. The maximum Gasteiger partial charge on any atom is 0.323 e. The zero-order chi connectivity index (χ0) is 18.4. The number of benzene rings is 2. The van der Waals surface area contributed by atoms with Crippen molar-refractivity contribution in [3.8, 4) is 11.4 Å². The van der Waals surface area contributed by atoms with E-state index < -0.39 is 5.25 Å². The molecule has 0 spiro atoms. The summed E-state index contributed by atoms with van der Waals surface area (Å²) in [6.45, 7) is 4.37. The lowest BCUT2D eigenvalue weighted by Crippen LogP contribution is -2.12. The summed E-state index contributed by atoms with van der Waals surface area (Å²) in [5.74, 6) is 0.417. The first kappa shape index (κ1) is 17.9. The minimum Gasteiger partial charge on any atom is -0.468 e. The number of carbonyl (C=O) groups is 1. The molecule has 0 N–H and O–H groups in total. The number of nitrogens with zero attached hydrogens (tertiary/aromatic N) is 3. The molecule has 1 aromatic heterocycles. The maximum atomic E-state index is 12.3. The summed E-state index contributed by atoms with van der Waals surface area (Å²) in [6.07, 6.45) is 1.79. The summed E-state index contributed by atoms with van der Waals surface area (Å²) in [5.41, 5.74) is 1.82. The molecule has 0 aliphatic carbocycles. The standard InChI is InChI=1S/C20H19N3O2S/c1-3-14-23-18(16-12-8-5-9-13-16)21-22-20(23)26-17(19(24)25-2)15-10-6-4-7-11-15/h3-13,17H,1,14H2,2H3. The molecule has 5 nitrogen and oxygen atoms in total. The van der Waals surface area contributed by atoms with E-state index in [1.807, 2.05) is 65.2 Å². The second kappa shape index (κ2) is 8.49. The fraction of sp³-hybridized carbons (Fsp3) is 0.150.